The molecule has 0 spiro atoms. The van der Waals surface area contributed by atoms with Crippen LogP contribution in [0.15, 0.2) is 22.7 Å². The van der Waals surface area contributed by atoms with Crippen LogP contribution < -0.4 is 9.47 Å². The van der Waals surface area contributed by atoms with E-state index in [1.807, 2.05) is 18.2 Å². The SMILES string of the molecule is COc1ccc(OCCC(=O)N(C)C)c(Br)c1. The molecule has 0 aliphatic rings. The number of amides is 1. The van der Waals surface area contributed by atoms with Crippen molar-refractivity contribution in [1.82, 2.24) is 4.90 Å². The molecule has 0 heterocycles. The summed E-state index contributed by atoms with van der Waals surface area (Å²) in [6.07, 6.45) is 0.367. The number of ether oxygens (including phenoxy) is 2. The van der Waals surface area contributed by atoms with E-state index in [-0.39, 0.29) is 5.91 Å². The number of rotatable bonds is 5. The third-order valence-corrected chi connectivity index (χ3v) is 2.83. The lowest BCUT2D eigenvalue weighted by Gasteiger charge is -2.12. The van der Waals surface area contributed by atoms with Gasteiger partial charge in [0.15, 0.2) is 0 Å². The Kier molecular flexibility index (Phi) is 5.28. The second-order valence-corrected chi connectivity index (χ2v) is 4.54. The molecule has 1 rings (SSSR count). The van der Waals surface area contributed by atoms with E-state index in [1.54, 1.807) is 26.1 Å². The van der Waals surface area contributed by atoms with Crippen LogP contribution in [0.2, 0.25) is 0 Å². The summed E-state index contributed by atoms with van der Waals surface area (Å²) in [5.41, 5.74) is 0. The third kappa shape index (κ3) is 4.26. The Bertz CT molecular complexity index is 393. The van der Waals surface area contributed by atoms with E-state index in [0.29, 0.717) is 18.8 Å². The number of methoxy groups -OCH3 is 1. The molecule has 0 aromatic heterocycles. The lowest BCUT2D eigenvalue weighted by Crippen LogP contribution is -2.23. The van der Waals surface area contributed by atoms with E-state index < -0.39 is 0 Å². The van der Waals surface area contributed by atoms with Crippen molar-refractivity contribution in [2.45, 2.75) is 6.42 Å². The first-order valence-electron chi connectivity index (χ1n) is 5.21. The fourth-order valence-corrected chi connectivity index (χ4v) is 1.67. The second-order valence-electron chi connectivity index (χ2n) is 3.68. The van der Waals surface area contributed by atoms with Crippen molar-refractivity contribution in [2.75, 3.05) is 27.8 Å². The number of hydrogen-bond acceptors (Lipinski definition) is 3. The molecular formula is C12H16BrNO3. The molecule has 17 heavy (non-hydrogen) atoms. The van der Waals surface area contributed by atoms with Crippen LogP contribution in [0.3, 0.4) is 0 Å². The summed E-state index contributed by atoms with van der Waals surface area (Å²) in [7, 11) is 5.06. The molecule has 1 aromatic rings. The Morgan fingerprint density at radius 2 is 2.12 bits per heavy atom. The van der Waals surface area contributed by atoms with Crippen molar-refractivity contribution >= 4 is 21.8 Å². The summed E-state index contributed by atoms with van der Waals surface area (Å²) in [4.78, 5) is 12.9. The molecule has 4 nitrogen and oxygen atoms in total. The summed E-state index contributed by atoms with van der Waals surface area (Å²) in [5, 5.41) is 0. The lowest BCUT2D eigenvalue weighted by molar-refractivity contribution is -0.129. The van der Waals surface area contributed by atoms with Crippen LogP contribution in [0.25, 0.3) is 0 Å². The number of nitrogens with zero attached hydrogens (tertiary/aromatic N) is 1. The fraction of sp³-hybridized carbons (Fsp3) is 0.417. The molecule has 0 atom stereocenters. The van der Waals surface area contributed by atoms with Gasteiger partial charge in [0.05, 0.1) is 24.6 Å². The highest BCUT2D eigenvalue weighted by Crippen LogP contribution is 2.29. The van der Waals surface area contributed by atoms with E-state index >= 15 is 0 Å². The van der Waals surface area contributed by atoms with Crippen LogP contribution in [0.1, 0.15) is 6.42 Å². The maximum atomic E-state index is 11.3. The summed E-state index contributed by atoms with van der Waals surface area (Å²) >= 11 is 3.38. The molecule has 5 heteroatoms. The first-order chi connectivity index (χ1) is 8.04. The summed E-state index contributed by atoms with van der Waals surface area (Å²) < 4.78 is 11.4. The molecule has 0 aliphatic carbocycles. The van der Waals surface area contributed by atoms with Gasteiger partial charge in [0.2, 0.25) is 5.91 Å². The number of benzene rings is 1. The number of hydrogen-bond donors (Lipinski definition) is 0. The van der Waals surface area contributed by atoms with Gasteiger partial charge in [-0.05, 0) is 34.1 Å². The maximum absolute atomic E-state index is 11.3. The van der Waals surface area contributed by atoms with Gasteiger partial charge in [-0.1, -0.05) is 0 Å². The van der Waals surface area contributed by atoms with E-state index in [9.17, 15) is 4.79 Å². The van der Waals surface area contributed by atoms with Crippen molar-refractivity contribution < 1.29 is 14.3 Å². The van der Waals surface area contributed by atoms with Gasteiger partial charge in [0, 0.05) is 14.1 Å². The van der Waals surface area contributed by atoms with Crippen molar-refractivity contribution in [2.24, 2.45) is 0 Å². The Labute approximate surface area is 110 Å². The molecule has 0 saturated carbocycles. The van der Waals surface area contributed by atoms with Crippen LogP contribution >= 0.6 is 15.9 Å². The average molecular weight is 302 g/mol. The van der Waals surface area contributed by atoms with Crippen LogP contribution in [-0.4, -0.2) is 38.6 Å². The van der Waals surface area contributed by atoms with Crippen LogP contribution in [-0.2, 0) is 4.79 Å². The zero-order valence-corrected chi connectivity index (χ0v) is 11.8. The average Bonchev–Trinajstić information content (AvgIpc) is 2.30. The first kappa shape index (κ1) is 13.8. The number of halogens is 1. The Morgan fingerprint density at radius 1 is 1.41 bits per heavy atom. The third-order valence-electron chi connectivity index (χ3n) is 2.21. The van der Waals surface area contributed by atoms with E-state index in [1.165, 1.54) is 0 Å². The summed E-state index contributed by atoms with van der Waals surface area (Å²) in [6.45, 7) is 0.363. The smallest absolute Gasteiger partial charge is 0.225 e. The maximum Gasteiger partial charge on any atom is 0.225 e. The predicted octanol–water partition coefficient (Wildman–Crippen LogP) is 2.31. The van der Waals surface area contributed by atoms with Crippen molar-refractivity contribution in [3.05, 3.63) is 22.7 Å². The van der Waals surface area contributed by atoms with E-state index in [4.69, 9.17) is 9.47 Å². The predicted molar refractivity (Wildman–Crippen MR) is 69.5 cm³/mol. The molecule has 94 valence electrons. The molecule has 0 unspecified atom stereocenters. The molecule has 0 aliphatic heterocycles. The van der Waals surface area contributed by atoms with Crippen molar-refractivity contribution in [3.63, 3.8) is 0 Å². The van der Waals surface area contributed by atoms with Gasteiger partial charge in [-0.15, -0.1) is 0 Å². The van der Waals surface area contributed by atoms with Gasteiger partial charge >= 0.3 is 0 Å². The largest absolute Gasteiger partial charge is 0.497 e. The van der Waals surface area contributed by atoms with Gasteiger partial charge in [-0.3, -0.25) is 4.79 Å². The van der Waals surface area contributed by atoms with Crippen LogP contribution in [0.5, 0.6) is 11.5 Å². The highest BCUT2D eigenvalue weighted by atomic mass is 79.9. The Morgan fingerprint density at radius 3 is 2.65 bits per heavy atom. The molecular weight excluding hydrogens is 286 g/mol. The Balaban J connectivity index is 2.50. The van der Waals surface area contributed by atoms with Crippen LogP contribution in [0.4, 0.5) is 0 Å². The molecule has 0 fully saturated rings. The topological polar surface area (TPSA) is 38.8 Å². The zero-order chi connectivity index (χ0) is 12.8. The molecule has 1 amide bonds. The molecule has 0 N–H and O–H groups in total. The van der Waals surface area contributed by atoms with Crippen molar-refractivity contribution in [1.29, 1.82) is 0 Å². The Hall–Kier alpha value is -1.23. The lowest BCUT2D eigenvalue weighted by atomic mass is 10.3. The van der Waals surface area contributed by atoms with Gasteiger partial charge < -0.3 is 14.4 Å². The molecule has 0 radical (unpaired) electrons. The van der Waals surface area contributed by atoms with Crippen LogP contribution in [0, 0.1) is 0 Å². The summed E-state index contributed by atoms with van der Waals surface area (Å²) in [5.74, 6) is 1.51. The quantitative estimate of drug-likeness (QED) is 0.838. The molecule has 0 saturated heterocycles. The fourth-order valence-electron chi connectivity index (χ4n) is 1.20. The standard InChI is InChI=1S/C12H16BrNO3/c1-14(2)12(15)6-7-17-11-5-4-9(16-3)8-10(11)13/h4-5,8H,6-7H2,1-3H3. The zero-order valence-electron chi connectivity index (χ0n) is 10.2. The van der Waals surface area contributed by atoms with E-state index in [0.717, 1.165) is 10.2 Å². The van der Waals surface area contributed by atoms with Gasteiger partial charge in [-0.25, -0.2) is 0 Å². The van der Waals surface area contributed by atoms with E-state index in [2.05, 4.69) is 15.9 Å². The summed E-state index contributed by atoms with van der Waals surface area (Å²) in [6, 6.07) is 5.44. The normalized spacial score (nSPS) is 9.88. The first-order valence-corrected chi connectivity index (χ1v) is 6.00. The highest BCUT2D eigenvalue weighted by molar-refractivity contribution is 9.10. The monoisotopic (exact) mass is 301 g/mol. The van der Waals surface area contributed by atoms with Gasteiger partial charge in [-0.2, -0.15) is 0 Å². The molecule has 0 bridgehead atoms. The minimum absolute atomic E-state index is 0.0506. The van der Waals surface area contributed by atoms with Gasteiger partial charge in [0.1, 0.15) is 11.5 Å². The highest BCUT2D eigenvalue weighted by Gasteiger charge is 2.06. The second kappa shape index (κ2) is 6.49. The minimum Gasteiger partial charge on any atom is -0.497 e. The number of carbonyl (C=O) groups excluding carboxylic acids is 1. The number of carbonyl (C=O) groups is 1. The minimum atomic E-state index is 0.0506. The van der Waals surface area contributed by atoms with Crippen molar-refractivity contribution in [3.8, 4) is 11.5 Å². The van der Waals surface area contributed by atoms with Gasteiger partial charge in [0.25, 0.3) is 0 Å². The molecule has 1 aromatic carbocycles.